The normalized spacial score (nSPS) is 10.3. The van der Waals surface area contributed by atoms with Gasteiger partial charge in [0.25, 0.3) is 0 Å². The number of hydrogen-bond acceptors (Lipinski definition) is 5. The molecule has 4 nitrogen and oxygen atoms in total. The second kappa shape index (κ2) is 8.68. The molecule has 0 atom stereocenters. The van der Waals surface area contributed by atoms with Gasteiger partial charge in [0.2, 0.25) is 0 Å². The first-order chi connectivity index (χ1) is 9.60. The molecule has 1 aromatic carbocycles. The summed E-state index contributed by atoms with van der Waals surface area (Å²) in [5.74, 6) is 0.118. The van der Waals surface area contributed by atoms with Crippen LogP contribution in [-0.2, 0) is 4.74 Å². The van der Waals surface area contributed by atoms with Gasteiger partial charge < -0.3 is 15.8 Å². The maximum Gasteiger partial charge on any atom is 0.340 e. The second-order valence-electron chi connectivity index (χ2n) is 4.39. The van der Waals surface area contributed by atoms with Crippen molar-refractivity contribution in [3.63, 3.8) is 0 Å². The van der Waals surface area contributed by atoms with Crippen molar-refractivity contribution in [3.8, 4) is 0 Å². The van der Waals surface area contributed by atoms with Crippen molar-refractivity contribution in [1.29, 1.82) is 0 Å². The number of thioether (sulfide) groups is 1. The molecule has 0 heterocycles. The van der Waals surface area contributed by atoms with Gasteiger partial charge in [-0.25, -0.2) is 9.18 Å². The number of benzene rings is 1. The molecule has 1 aromatic rings. The number of nitrogens with two attached hydrogens (primary N) is 1. The van der Waals surface area contributed by atoms with E-state index in [0.717, 1.165) is 31.1 Å². The van der Waals surface area contributed by atoms with Gasteiger partial charge in [0, 0.05) is 12.2 Å². The first-order valence-corrected chi connectivity index (χ1v) is 7.89. The molecule has 3 N–H and O–H groups in total. The Balaban J connectivity index is 2.59. The van der Waals surface area contributed by atoms with E-state index < -0.39 is 11.8 Å². The summed E-state index contributed by atoms with van der Waals surface area (Å²) in [7, 11) is 1.27. The summed E-state index contributed by atoms with van der Waals surface area (Å²) in [6.07, 6.45) is 5.28. The summed E-state index contributed by atoms with van der Waals surface area (Å²) in [6, 6.07) is 2.54. The minimum atomic E-state index is -0.564. The van der Waals surface area contributed by atoms with Gasteiger partial charge >= 0.3 is 5.97 Å². The first-order valence-electron chi connectivity index (χ1n) is 6.50. The SMILES string of the molecule is COC(=O)c1cc(NCCCCCSC)c(F)cc1N. The van der Waals surface area contributed by atoms with Gasteiger partial charge in [0.05, 0.1) is 18.4 Å². The maximum atomic E-state index is 13.7. The maximum absolute atomic E-state index is 13.7. The number of anilines is 2. The Morgan fingerprint density at radius 2 is 2.15 bits per heavy atom. The van der Waals surface area contributed by atoms with Crippen LogP contribution in [0.1, 0.15) is 29.6 Å². The summed E-state index contributed by atoms with van der Waals surface area (Å²) in [5, 5.41) is 2.99. The van der Waals surface area contributed by atoms with Crippen LogP contribution < -0.4 is 11.1 Å². The van der Waals surface area contributed by atoms with E-state index in [2.05, 4.69) is 16.3 Å². The van der Waals surface area contributed by atoms with Gasteiger partial charge in [-0.05, 0) is 37.0 Å². The number of ether oxygens (including phenoxy) is 1. The standard InChI is InChI=1S/C14H21FN2O2S/c1-19-14(18)10-8-13(11(15)9-12(10)16)17-6-4-3-5-7-20-2/h8-9,17H,3-7,16H2,1-2H3. The highest BCUT2D eigenvalue weighted by Crippen LogP contribution is 2.23. The fourth-order valence-electron chi connectivity index (χ4n) is 1.78. The Labute approximate surface area is 123 Å². The number of carbonyl (C=O) groups is 1. The summed E-state index contributed by atoms with van der Waals surface area (Å²) < 4.78 is 18.3. The van der Waals surface area contributed by atoms with E-state index in [1.165, 1.54) is 13.2 Å². The van der Waals surface area contributed by atoms with Crippen molar-refractivity contribution in [1.82, 2.24) is 0 Å². The average molecular weight is 300 g/mol. The van der Waals surface area contributed by atoms with Crippen LogP contribution in [0, 0.1) is 5.82 Å². The molecule has 0 aromatic heterocycles. The molecule has 0 fully saturated rings. The van der Waals surface area contributed by atoms with Crippen LogP contribution in [0.3, 0.4) is 0 Å². The van der Waals surface area contributed by atoms with Crippen LogP contribution in [0.4, 0.5) is 15.8 Å². The topological polar surface area (TPSA) is 64.3 Å². The lowest BCUT2D eigenvalue weighted by Gasteiger charge is -2.11. The third-order valence-electron chi connectivity index (χ3n) is 2.89. The molecule has 0 amide bonds. The van der Waals surface area contributed by atoms with E-state index in [1.54, 1.807) is 0 Å². The molecule has 0 aliphatic carbocycles. The molecule has 0 radical (unpaired) electrons. The molecule has 112 valence electrons. The fourth-order valence-corrected chi connectivity index (χ4v) is 2.27. The van der Waals surface area contributed by atoms with Gasteiger partial charge in [-0.1, -0.05) is 6.42 Å². The van der Waals surface area contributed by atoms with Gasteiger partial charge in [0.15, 0.2) is 0 Å². The van der Waals surface area contributed by atoms with E-state index in [9.17, 15) is 9.18 Å². The molecule has 0 saturated heterocycles. The van der Waals surface area contributed by atoms with Crippen molar-refractivity contribution in [2.75, 3.05) is 36.7 Å². The van der Waals surface area contributed by atoms with E-state index in [0.29, 0.717) is 6.54 Å². The van der Waals surface area contributed by atoms with Gasteiger partial charge in [-0.3, -0.25) is 0 Å². The molecule has 0 bridgehead atoms. The molecule has 0 unspecified atom stereocenters. The first kappa shape index (κ1) is 16.6. The minimum absolute atomic E-state index is 0.0832. The quantitative estimate of drug-likeness (QED) is 0.439. The highest BCUT2D eigenvalue weighted by atomic mass is 32.2. The zero-order valence-corrected chi connectivity index (χ0v) is 12.7. The van der Waals surface area contributed by atoms with E-state index in [4.69, 9.17) is 5.73 Å². The Morgan fingerprint density at radius 3 is 2.80 bits per heavy atom. The second-order valence-corrected chi connectivity index (χ2v) is 5.38. The van der Waals surface area contributed by atoms with E-state index in [1.807, 2.05) is 11.8 Å². The highest BCUT2D eigenvalue weighted by molar-refractivity contribution is 7.98. The zero-order chi connectivity index (χ0) is 15.0. The molecular formula is C14H21FN2O2S. The van der Waals surface area contributed by atoms with Crippen molar-refractivity contribution in [2.45, 2.75) is 19.3 Å². The summed E-state index contributed by atoms with van der Waals surface area (Å²) in [6.45, 7) is 0.663. The van der Waals surface area contributed by atoms with Crippen molar-refractivity contribution in [3.05, 3.63) is 23.5 Å². The number of nitrogen functional groups attached to an aromatic ring is 1. The van der Waals surface area contributed by atoms with E-state index >= 15 is 0 Å². The molecule has 0 aliphatic rings. The van der Waals surface area contributed by atoms with Crippen molar-refractivity contribution >= 4 is 29.1 Å². The average Bonchev–Trinajstić information content (AvgIpc) is 2.43. The molecular weight excluding hydrogens is 279 g/mol. The smallest absolute Gasteiger partial charge is 0.340 e. The van der Waals surface area contributed by atoms with Gasteiger partial charge in [-0.2, -0.15) is 11.8 Å². The summed E-state index contributed by atoms with van der Waals surface area (Å²) in [5.41, 5.74) is 6.15. The molecule has 1 rings (SSSR count). The Morgan fingerprint density at radius 1 is 1.40 bits per heavy atom. The number of esters is 1. The lowest BCUT2D eigenvalue weighted by Crippen LogP contribution is -2.10. The monoisotopic (exact) mass is 300 g/mol. The third kappa shape index (κ3) is 4.92. The van der Waals surface area contributed by atoms with Crippen LogP contribution in [0.5, 0.6) is 0 Å². The lowest BCUT2D eigenvalue weighted by molar-refractivity contribution is 0.0602. The number of methoxy groups -OCH3 is 1. The Hall–Kier alpha value is -1.43. The number of halogens is 1. The van der Waals surface area contributed by atoms with E-state index in [-0.39, 0.29) is 16.9 Å². The lowest BCUT2D eigenvalue weighted by atomic mass is 10.1. The number of hydrogen-bond donors (Lipinski definition) is 2. The van der Waals surface area contributed by atoms with Crippen LogP contribution in [-0.4, -0.2) is 31.6 Å². The molecule has 0 spiro atoms. The molecule has 6 heteroatoms. The van der Waals surface area contributed by atoms with Crippen LogP contribution in [0.2, 0.25) is 0 Å². The summed E-state index contributed by atoms with van der Waals surface area (Å²) in [4.78, 5) is 11.5. The van der Waals surface area contributed by atoms with Gasteiger partial charge in [0.1, 0.15) is 5.82 Å². The number of carbonyl (C=O) groups excluding carboxylic acids is 1. The van der Waals surface area contributed by atoms with Crippen LogP contribution >= 0.6 is 11.8 Å². The minimum Gasteiger partial charge on any atom is -0.465 e. The number of rotatable bonds is 8. The number of nitrogens with one attached hydrogen (secondary N) is 1. The summed E-state index contributed by atoms with van der Waals surface area (Å²) >= 11 is 1.82. The van der Waals surface area contributed by atoms with Crippen LogP contribution in [0.15, 0.2) is 12.1 Å². The zero-order valence-electron chi connectivity index (χ0n) is 11.9. The third-order valence-corrected chi connectivity index (χ3v) is 3.58. The molecule has 0 saturated carbocycles. The Bertz CT molecular complexity index is 455. The molecule has 0 aliphatic heterocycles. The van der Waals surface area contributed by atoms with Crippen molar-refractivity contribution in [2.24, 2.45) is 0 Å². The largest absolute Gasteiger partial charge is 0.465 e. The highest BCUT2D eigenvalue weighted by Gasteiger charge is 2.14. The van der Waals surface area contributed by atoms with Crippen LogP contribution in [0.25, 0.3) is 0 Å². The fraction of sp³-hybridized carbons (Fsp3) is 0.500. The molecule has 20 heavy (non-hydrogen) atoms. The van der Waals surface area contributed by atoms with Crippen molar-refractivity contribution < 1.29 is 13.9 Å². The number of unbranched alkanes of at least 4 members (excludes halogenated alkanes) is 2. The predicted molar refractivity (Wildman–Crippen MR) is 82.9 cm³/mol. The predicted octanol–water partition coefficient (Wildman–Crippen LogP) is 3.14. The Kier molecular flexibility index (Phi) is 7.22. The van der Waals surface area contributed by atoms with Gasteiger partial charge in [-0.15, -0.1) is 0 Å².